The minimum absolute atomic E-state index is 0.745. The van der Waals surface area contributed by atoms with E-state index >= 15 is 0 Å². The van der Waals surface area contributed by atoms with Gasteiger partial charge in [-0.05, 0) is 42.6 Å². The number of H-pyrrole nitrogens is 2. The molecule has 0 unspecified atom stereocenters. The Balaban J connectivity index is 1.55. The summed E-state index contributed by atoms with van der Waals surface area (Å²) in [6.45, 7) is 12.3. The van der Waals surface area contributed by atoms with Crippen molar-refractivity contribution in [2.45, 2.75) is 32.9 Å². The number of imidazole rings is 2. The number of rotatable bonds is 9. The summed E-state index contributed by atoms with van der Waals surface area (Å²) < 4.78 is 0. The molecule has 2 aromatic heterocycles. The number of aromatic nitrogens is 4. The Morgan fingerprint density at radius 1 is 0.828 bits per heavy atom. The lowest BCUT2D eigenvalue weighted by molar-refractivity contribution is 0.260. The third-order valence-corrected chi connectivity index (χ3v) is 5.21. The van der Waals surface area contributed by atoms with Crippen molar-refractivity contribution in [3.8, 4) is 0 Å². The molecular weight excluding hydrogens is 358 g/mol. The Labute approximate surface area is 171 Å². The van der Waals surface area contributed by atoms with Crippen LogP contribution in [0.15, 0.2) is 61.7 Å². The van der Waals surface area contributed by atoms with Gasteiger partial charge in [-0.3, -0.25) is 4.90 Å². The van der Waals surface area contributed by atoms with Crippen LogP contribution in [0.25, 0.3) is 22.1 Å². The fourth-order valence-electron chi connectivity index (χ4n) is 3.78. The summed E-state index contributed by atoms with van der Waals surface area (Å²) in [6.07, 6.45) is 5.49. The molecule has 4 rings (SSSR count). The first-order chi connectivity index (χ1) is 14.2. The molecule has 0 aliphatic heterocycles. The number of benzene rings is 2. The summed E-state index contributed by atoms with van der Waals surface area (Å²) in [7, 11) is 0. The number of nitrogens with one attached hydrogen (secondary N) is 2. The molecule has 4 aromatic rings. The second kappa shape index (κ2) is 8.45. The van der Waals surface area contributed by atoms with E-state index in [-0.39, 0.29) is 0 Å². The highest BCUT2D eigenvalue weighted by atomic mass is 15.2. The number of allylic oxidation sites excluding steroid dienone is 2. The average Bonchev–Trinajstić information content (AvgIpc) is 3.32. The van der Waals surface area contributed by atoms with E-state index in [2.05, 4.69) is 71.3 Å². The normalized spacial score (nSPS) is 11.5. The van der Waals surface area contributed by atoms with E-state index in [0.717, 1.165) is 66.2 Å². The van der Waals surface area contributed by atoms with Crippen LogP contribution in [0.3, 0.4) is 0 Å². The highest BCUT2D eigenvalue weighted by Crippen LogP contribution is 2.20. The first kappa shape index (κ1) is 19.2. The monoisotopic (exact) mass is 385 g/mol. The lowest BCUT2D eigenvalue weighted by Crippen LogP contribution is -2.23. The molecule has 0 saturated heterocycles. The van der Waals surface area contributed by atoms with E-state index in [1.54, 1.807) is 0 Å². The Bertz CT molecular complexity index is 1060. The van der Waals surface area contributed by atoms with Gasteiger partial charge < -0.3 is 9.97 Å². The molecule has 0 spiro atoms. The second-order valence-electron chi connectivity index (χ2n) is 7.28. The molecule has 0 amide bonds. The molecule has 0 radical (unpaired) electrons. The molecule has 0 saturated carbocycles. The van der Waals surface area contributed by atoms with Gasteiger partial charge in [0.2, 0.25) is 0 Å². The maximum Gasteiger partial charge on any atom is 0.121 e. The van der Waals surface area contributed by atoms with Crippen molar-refractivity contribution in [2.75, 3.05) is 6.54 Å². The molecule has 0 aliphatic carbocycles. The van der Waals surface area contributed by atoms with Gasteiger partial charge in [-0.15, -0.1) is 13.2 Å². The van der Waals surface area contributed by atoms with Gasteiger partial charge in [0.05, 0.1) is 35.2 Å². The molecule has 0 bridgehead atoms. The molecule has 0 atom stereocenters. The number of para-hydroxylation sites is 2. The van der Waals surface area contributed by atoms with Crippen molar-refractivity contribution in [1.29, 1.82) is 0 Å². The predicted molar refractivity (Wildman–Crippen MR) is 120 cm³/mol. The summed E-state index contributed by atoms with van der Waals surface area (Å²) in [4.78, 5) is 19.0. The van der Waals surface area contributed by atoms with Crippen molar-refractivity contribution in [3.63, 3.8) is 0 Å². The van der Waals surface area contributed by atoms with Gasteiger partial charge in [0.1, 0.15) is 11.6 Å². The van der Waals surface area contributed by atoms with Crippen molar-refractivity contribution >= 4 is 22.1 Å². The Hall–Kier alpha value is -3.18. The van der Waals surface area contributed by atoms with Crippen molar-refractivity contribution in [1.82, 2.24) is 24.8 Å². The van der Waals surface area contributed by atoms with Crippen LogP contribution in [0.4, 0.5) is 0 Å². The van der Waals surface area contributed by atoms with Gasteiger partial charge in [0.25, 0.3) is 0 Å². The molecule has 2 aromatic carbocycles. The van der Waals surface area contributed by atoms with Crippen LogP contribution in [-0.2, 0) is 25.9 Å². The topological polar surface area (TPSA) is 60.6 Å². The van der Waals surface area contributed by atoms with E-state index in [4.69, 9.17) is 9.97 Å². The maximum atomic E-state index is 4.86. The Morgan fingerprint density at radius 2 is 1.31 bits per heavy atom. The number of fused-ring (bicyclic) bond motifs is 2. The number of nitrogens with zero attached hydrogens (tertiary/aromatic N) is 3. The van der Waals surface area contributed by atoms with Crippen molar-refractivity contribution in [2.24, 2.45) is 0 Å². The zero-order valence-corrected chi connectivity index (χ0v) is 16.9. The Kier molecular flexibility index (Phi) is 5.58. The second-order valence-corrected chi connectivity index (χ2v) is 7.28. The molecule has 0 fully saturated rings. The van der Waals surface area contributed by atoms with E-state index in [1.165, 1.54) is 11.1 Å². The van der Waals surface area contributed by atoms with E-state index in [9.17, 15) is 0 Å². The molecule has 29 heavy (non-hydrogen) atoms. The predicted octanol–water partition coefficient (Wildman–Crippen LogP) is 4.92. The van der Waals surface area contributed by atoms with Gasteiger partial charge in [-0.1, -0.05) is 43.3 Å². The third kappa shape index (κ3) is 4.00. The minimum atomic E-state index is 0.745. The standard InChI is InChI=1S/C24H27N5/c1-4-9-17-11-7-13-19-23(17)27-21(25-19)15-29(6-3)16-22-26-20-14-8-12-18(10-5-2)24(20)28-22/h4-5,7-8,11-14H,1-2,6,9-10,15-16H2,3H3,(H,25,27)(H,26,28). The van der Waals surface area contributed by atoms with Crippen LogP contribution in [0.5, 0.6) is 0 Å². The molecule has 148 valence electrons. The fraction of sp³-hybridized carbons (Fsp3) is 0.250. The molecule has 2 N–H and O–H groups in total. The highest BCUT2D eigenvalue weighted by Gasteiger charge is 2.13. The van der Waals surface area contributed by atoms with E-state index < -0.39 is 0 Å². The number of aromatic amines is 2. The maximum absolute atomic E-state index is 4.86. The van der Waals surface area contributed by atoms with Crippen LogP contribution in [0, 0.1) is 0 Å². The summed E-state index contributed by atoms with van der Waals surface area (Å²) >= 11 is 0. The summed E-state index contributed by atoms with van der Waals surface area (Å²) in [5.74, 6) is 1.95. The lowest BCUT2D eigenvalue weighted by Gasteiger charge is -2.17. The number of hydrogen-bond acceptors (Lipinski definition) is 3. The Morgan fingerprint density at radius 3 is 1.72 bits per heavy atom. The zero-order chi connectivity index (χ0) is 20.2. The van der Waals surface area contributed by atoms with Crippen molar-refractivity contribution in [3.05, 3.63) is 84.5 Å². The highest BCUT2D eigenvalue weighted by molar-refractivity contribution is 5.79. The van der Waals surface area contributed by atoms with Crippen LogP contribution < -0.4 is 0 Å². The van der Waals surface area contributed by atoms with E-state index in [0.29, 0.717) is 0 Å². The largest absolute Gasteiger partial charge is 0.341 e. The fourth-order valence-corrected chi connectivity index (χ4v) is 3.78. The van der Waals surface area contributed by atoms with Crippen LogP contribution in [0.1, 0.15) is 29.7 Å². The number of hydrogen-bond donors (Lipinski definition) is 2. The molecule has 5 heteroatoms. The van der Waals surface area contributed by atoms with Crippen LogP contribution in [-0.4, -0.2) is 31.4 Å². The summed E-state index contributed by atoms with van der Waals surface area (Å²) in [5, 5.41) is 0. The summed E-state index contributed by atoms with van der Waals surface area (Å²) in [5.41, 5.74) is 6.64. The van der Waals surface area contributed by atoms with Crippen molar-refractivity contribution < 1.29 is 0 Å². The zero-order valence-electron chi connectivity index (χ0n) is 16.9. The smallest absolute Gasteiger partial charge is 0.121 e. The lowest BCUT2D eigenvalue weighted by atomic mass is 10.1. The molecule has 2 heterocycles. The summed E-state index contributed by atoms with van der Waals surface area (Å²) in [6, 6.07) is 12.5. The minimum Gasteiger partial charge on any atom is -0.341 e. The molecule has 0 aliphatic rings. The molecular formula is C24H27N5. The van der Waals surface area contributed by atoms with Gasteiger partial charge in [0, 0.05) is 0 Å². The van der Waals surface area contributed by atoms with Crippen LogP contribution in [0.2, 0.25) is 0 Å². The van der Waals surface area contributed by atoms with Gasteiger partial charge in [-0.25, -0.2) is 9.97 Å². The van der Waals surface area contributed by atoms with Gasteiger partial charge in [0.15, 0.2) is 0 Å². The SMILES string of the molecule is C=CCc1cccc2[nH]c(CN(CC)Cc3nc4c(CC=C)cccc4[nH]3)nc12. The van der Waals surface area contributed by atoms with Gasteiger partial charge >= 0.3 is 0 Å². The van der Waals surface area contributed by atoms with Gasteiger partial charge in [-0.2, -0.15) is 0 Å². The molecule has 5 nitrogen and oxygen atoms in total. The van der Waals surface area contributed by atoms with Crippen LogP contribution >= 0.6 is 0 Å². The third-order valence-electron chi connectivity index (χ3n) is 5.21. The quantitative estimate of drug-likeness (QED) is 0.402. The van der Waals surface area contributed by atoms with E-state index in [1.807, 2.05) is 12.2 Å². The average molecular weight is 386 g/mol. The first-order valence-electron chi connectivity index (χ1n) is 10.1. The first-order valence-corrected chi connectivity index (χ1v) is 10.1.